The van der Waals surface area contributed by atoms with Gasteiger partial charge in [-0.05, 0) is 50.6 Å². The van der Waals surface area contributed by atoms with Gasteiger partial charge in [0.2, 0.25) is 13.3 Å². The van der Waals surface area contributed by atoms with Crippen LogP contribution < -0.4 is 9.47 Å². The third-order valence-corrected chi connectivity index (χ3v) is 6.98. The number of ether oxygens (including phenoxy) is 4. The van der Waals surface area contributed by atoms with Crippen LogP contribution in [0.5, 0.6) is 11.5 Å². The molecule has 0 unspecified atom stereocenters. The number of likely N-dealkylation sites (N-methyl/N-ethyl adjacent to an activating group) is 1. The second-order valence-corrected chi connectivity index (χ2v) is 9.40. The summed E-state index contributed by atoms with van der Waals surface area (Å²) in [5.41, 5.74) is 0.201. The first kappa shape index (κ1) is 24.9. The zero-order valence-electron chi connectivity index (χ0n) is 20.5. The molecule has 0 N–H and O–H groups in total. The number of nitro groups is 1. The smallest absolute Gasteiger partial charge is 0.231 e. The van der Waals surface area contributed by atoms with Crippen molar-refractivity contribution in [2.45, 2.75) is 50.7 Å². The summed E-state index contributed by atoms with van der Waals surface area (Å²) in [5.74, 6) is -0.335. The van der Waals surface area contributed by atoms with E-state index in [1.807, 2.05) is 63.1 Å². The van der Waals surface area contributed by atoms with E-state index >= 15 is 0 Å². The Kier molecular flexibility index (Phi) is 6.99. The molecule has 2 aliphatic heterocycles. The average Bonchev–Trinajstić information content (AvgIpc) is 3.32. The Morgan fingerprint density at radius 2 is 1.94 bits per heavy atom. The van der Waals surface area contributed by atoms with E-state index in [0.29, 0.717) is 23.5 Å². The summed E-state index contributed by atoms with van der Waals surface area (Å²) in [7, 11) is 1.82. The maximum atomic E-state index is 11.7. The zero-order chi connectivity index (χ0) is 25.2. The van der Waals surface area contributed by atoms with Gasteiger partial charge in [-0.15, -0.1) is 0 Å². The van der Waals surface area contributed by atoms with E-state index in [-0.39, 0.29) is 24.9 Å². The van der Waals surface area contributed by atoms with Gasteiger partial charge in [0.15, 0.2) is 17.3 Å². The number of hydrogen-bond acceptors (Lipinski definition) is 8. The van der Waals surface area contributed by atoms with Crippen LogP contribution in [-0.2, 0) is 15.0 Å². The van der Waals surface area contributed by atoms with Gasteiger partial charge in [0.25, 0.3) is 0 Å². The van der Waals surface area contributed by atoms with Crippen LogP contribution in [0.25, 0.3) is 0 Å². The van der Waals surface area contributed by atoms with Crippen LogP contribution >= 0.6 is 0 Å². The molecule has 0 spiro atoms. The minimum absolute atomic E-state index is 0.0930. The van der Waals surface area contributed by atoms with Gasteiger partial charge < -0.3 is 18.9 Å². The molecule has 1 fully saturated rings. The maximum Gasteiger partial charge on any atom is 0.231 e. The van der Waals surface area contributed by atoms with Crippen molar-refractivity contribution in [3.63, 3.8) is 0 Å². The molecule has 0 amide bonds. The van der Waals surface area contributed by atoms with E-state index in [4.69, 9.17) is 18.9 Å². The summed E-state index contributed by atoms with van der Waals surface area (Å²) in [5, 5.41) is 22.5. The summed E-state index contributed by atoms with van der Waals surface area (Å²) >= 11 is 0. The lowest BCUT2D eigenvalue weighted by Crippen LogP contribution is -2.60. The van der Waals surface area contributed by atoms with Gasteiger partial charge >= 0.3 is 0 Å². The Balaban J connectivity index is 1.84. The SMILES string of the molecule is CC[C@@H](C[N+](=O)[O-])[C@@](C#N)(c1ccc2c(c1)OCO2)N(C)[C@H]1COC(C)(C)O[C@H]1c1ccccc1. The number of benzene rings is 2. The van der Waals surface area contributed by atoms with Crippen LogP contribution in [0.4, 0.5) is 0 Å². The largest absolute Gasteiger partial charge is 0.454 e. The number of rotatable bonds is 8. The van der Waals surface area contributed by atoms with Crippen molar-refractivity contribution in [3.05, 3.63) is 69.8 Å². The molecular formula is C26H31N3O6. The van der Waals surface area contributed by atoms with E-state index < -0.39 is 29.4 Å². The third-order valence-electron chi connectivity index (χ3n) is 6.98. The fraction of sp³-hybridized carbons (Fsp3) is 0.500. The molecule has 4 rings (SSSR count). The van der Waals surface area contributed by atoms with E-state index in [1.54, 1.807) is 18.2 Å². The molecule has 0 aromatic heterocycles. The standard InChI is InChI=1S/C26H31N3O6/c1-5-19(14-29(30)31)26(16-27,20-11-12-22-23(13-20)33-17-32-22)28(4)21-15-34-25(2,3)35-24(21)18-9-7-6-8-10-18/h6-13,19,21,24H,5,14-15,17H2,1-4H3/t19-,21-,24-,26-/m0/s1. The van der Waals surface area contributed by atoms with Gasteiger partial charge in [0, 0.05) is 4.92 Å². The Morgan fingerprint density at radius 3 is 2.60 bits per heavy atom. The van der Waals surface area contributed by atoms with Crippen molar-refractivity contribution >= 4 is 0 Å². The van der Waals surface area contributed by atoms with Crippen molar-refractivity contribution in [2.75, 3.05) is 27.0 Å². The summed E-state index contributed by atoms with van der Waals surface area (Å²) in [6.45, 7) is 5.60. The van der Waals surface area contributed by atoms with Gasteiger partial charge in [-0.3, -0.25) is 15.0 Å². The second-order valence-electron chi connectivity index (χ2n) is 9.40. The predicted molar refractivity (Wildman–Crippen MR) is 127 cm³/mol. The first-order valence-electron chi connectivity index (χ1n) is 11.7. The highest BCUT2D eigenvalue weighted by Crippen LogP contribution is 2.46. The minimum atomic E-state index is -1.35. The maximum absolute atomic E-state index is 11.7. The molecule has 1 saturated heterocycles. The van der Waals surface area contributed by atoms with E-state index in [1.165, 1.54) is 0 Å². The van der Waals surface area contributed by atoms with Crippen LogP contribution in [0.15, 0.2) is 48.5 Å². The third kappa shape index (κ3) is 4.69. The minimum Gasteiger partial charge on any atom is -0.454 e. The van der Waals surface area contributed by atoms with Crippen LogP contribution in [0, 0.1) is 27.4 Å². The van der Waals surface area contributed by atoms with Gasteiger partial charge in [-0.2, -0.15) is 5.26 Å². The molecule has 35 heavy (non-hydrogen) atoms. The fourth-order valence-corrected chi connectivity index (χ4v) is 5.13. The molecule has 0 aliphatic carbocycles. The van der Waals surface area contributed by atoms with Crippen LogP contribution in [-0.4, -0.2) is 48.6 Å². The molecule has 0 bridgehead atoms. The van der Waals surface area contributed by atoms with Gasteiger partial charge in [-0.25, -0.2) is 0 Å². The Hall–Kier alpha value is -3.19. The molecule has 2 heterocycles. The average molecular weight is 482 g/mol. The van der Waals surface area contributed by atoms with Crippen LogP contribution in [0.2, 0.25) is 0 Å². The lowest BCUT2D eigenvalue weighted by molar-refractivity contribution is -0.491. The summed E-state index contributed by atoms with van der Waals surface area (Å²) in [6.07, 6.45) is 0.00304. The summed E-state index contributed by atoms with van der Waals surface area (Å²) in [4.78, 5) is 13.2. The lowest BCUT2D eigenvalue weighted by atomic mass is 9.74. The molecule has 2 aromatic rings. The highest BCUT2D eigenvalue weighted by atomic mass is 16.7. The Labute approximate surface area is 205 Å². The van der Waals surface area contributed by atoms with Crippen LogP contribution in [0.3, 0.4) is 0 Å². The molecule has 2 aromatic carbocycles. The molecule has 9 heteroatoms. The second kappa shape index (κ2) is 9.82. The topological polar surface area (TPSA) is 107 Å². The lowest BCUT2D eigenvalue weighted by Gasteiger charge is -2.50. The Bertz CT molecular complexity index is 1100. The molecule has 2 aliphatic rings. The molecule has 0 radical (unpaired) electrons. The van der Waals surface area contributed by atoms with Crippen molar-refractivity contribution in [3.8, 4) is 17.6 Å². The first-order valence-corrected chi connectivity index (χ1v) is 11.7. The van der Waals surface area contributed by atoms with Gasteiger partial charge in [0.05, 0.1) is 24.6 Å². The molecule has 9 nitrogen and oxygen atoms in total. The highest BCUT2D eigenvalue weighted by Gasteiger charge is 2.52. The van der Waals surface area contributed by atoms with Gasteiger partial charge in [0.1, 0.15) is 11.6 Å². The zero-order valence-corrected chi connectivity index (χ0v) is 20.5. The van der Waals surface area contributed by atoms with Crippen molar-refractivity contribution in [1.82, 2.24) is 4.90 Å². The number of nitriles is 1. The van der Waals surface area contributed by atoms with E-state index in [0.717, 1.165) is 5.56 Å². The highest BCUT2D eigenvalue weighted by molar-refractivity contribution is 5.48. The normalized spacial score (nSPS) is 23.3. The van der Waals surface area contributed by atoms with Crippen molar-refractivity contribution in [2.24, 2.45) is 5.92 Å². The Morgan fingerprint density at radius 1 is 1.23 bits per heavy atom. The van der Waals surface area contributed by atoms with Gasteiger partial charge in [-0.1, -0.05) is 43.3 Å². The fourth-order valence-electron chi connectivity index (χ4n) is 5.13. The predicted octanol–water partition coefficient (Wildman–Crippen LogP) is 4.26. The monoisotopic (exact) mass is 481 g/mol. The number of nitrogens with zero attached hydrogens (tertiary/aromatic N) is 3. The first-order chi connectivity index (χ1) is 16.7. The van der Waals surface area contributed by atoms with Crippen molar-refractivity contribution in [1.29, 1.82) is 5.26 Å². The molecule has 4 atom stereocenters. The quantitative estimate of drug-likeness (QED) is 0.407. The van der Waals surface area contributed by atoms with E-state index in [2.05, 4.69) is 6.07 Å². The molecular weight excluding hydrogens is 450 g/mol. The summed E-state index contributed by atoms with van der Waals surface area (Å²) < 4.78 is 23.5. The number of hydrogen-bond donors (Lipinski definition) is 0. The number of fused-ring (bicyclic) bond motifs is 1. The van der Waals surface area contributed by atoms with Crippen molar-refractivity contribution < 1.29 is 23.9 Å². The summed E-state index contributed by atoms with van der Waals surface area (Å²) in [6, 6.07) is 17.2. The molecule has 0 saturated carbocycles. The van der Waals surface area contributed by atoms with E-state index in [9.17, 15) is 15.4 Å². The van der Waals surface area contributed by atoms with Crippen LogP contribution in [0.1, 0.15) is 44.4 Å². The molecule has 186 valence electrons.